The zero-order valence-electron chi connectivity index (χ0n) is 10.8. The van der Waals surface area contributed by atoms with Gasteiger partial charge in [-0.1, -0.05) is 32.0 Å². The van der Waals surface area contributed by atoms with E-state index in [0.29, 0.717) is 19.0 Å². The Morgan fingerprint density at radius 1 is 1.28 bits per heavy atom. The molecule has 0 spiro atoms. The highest BCUT2D eigenvalue weighted by molar-refractivity contribution is 5.83. The molecule has 1 heterocycles. The molecule has 4 heteroatoms. The molecule has 0 atom stereocenters. The SMILES string of the molecule is CC(C)CNC(=O)NCc1c[nH]c2ccccc12. The number of hydrogen-bond donors (Lipinski definition) is 3. The third kappa shape index (κ3) is 3.03. The van der Waals surface area contributed by atoms with Crippen molar-refractivity contribution in [3.05, 3.63) is 36.0 Å². The summed E-state index contributed by atoms with van der Waals surface area (Å²) in [4.78, 5) is 14.7. The Bertz CT molecular complexity index is 531. The van der Waals surface area contributed by atoms with E-state index in [2.05, 4.69) is 35.5 Å². The van der Waals surface area contributed by atoms with Crippen molar-refractivity contribution in [3.8, 4) is 0 Å². The number of carbonyl (C=O) groups excluding carboxylic acids is 1. The number of rotatable bonds is 4. The van der Waals surface area contributed by atoms with Crippen LogP contribution in [-0.2, 0) is 6.54 Å². The van der Waals surface area contributed by atoms with E-state index in [9.17, 15) is 4.79 Å². The van der Waals surface area contributed by atoms with Gasteiger partial charge >= 0.3 is 6.03 Å². The lowest BCUT2D eigenvalue weighted by Crippen LogP contribution is -2.36. The minimum absolute atomic E-state index is 0.117. The molecular weight excluding hydrogens is 226 g/mol. The lowest BCUT2D eigenvalue weighted by Gasteiger charge is -2.08. The second-order valence-corrected chi connectivity index (χ2v) is 4.82. The molecule has 1 aromatic heterocycles. The Morgan fingerprint density at radius 2 is 2.06 bits per heavy atom. The van der Waals surface area contributed by atoms with Crippen LogP contribution in [0.4, 0.5) is 4.79 Å². The molecular formula is C14H19N3O. The molecule has 1 aromatic carbocycles. The molecule has 0 unspecified atom stereocenters. The lowest BCUT2D eigenvalue weighted by molar-refractivity contribution is 0.239. The van der Waals surface area contributed by atoms with Gasteiger partial charge in [0.05, 0.1) is 0 Å². The molecule has 4 nitrogen and oxygen atoms in total. The van der Waals surface area contributed by atoms with Crippen LogP contribution in [0.25, 0.3) is 10.9 Å². The fraction of sp³-hybridized carbons (Fsp3) is 0.357. The van der Waals surface area contributed by atoms with Gasteiger partial charge in [0.1, 0.15) is 0 Å². The zero-order valence-corrected chi connectivity index (χ0v) is 10.8. The summed E-state index contributed by atoms with van der Waals surface area (Å²) in [6, 6.07) is 7.95. The normalized spacial score (nSPS) is 10.8. The first-order chi connectivity index (χ1) is 8.66. The zero-order chi connectivity index (χ0) is 13.0. The van der Waals surface area contributed by atoms with Crippen LogP contribution in [0, 0.1) is 5.92 Å². The molecule has 96 valence electrons. The van der Waals surface area contributed by atoms with E-state index in [4.69, 9.17) is 0 Å². The van der Waals surface area contributed by atoms with Crippen molar-refractivity contribution in [1.29, 1.82) is 0 Å². The summed E-state index contributed by atoms with van der Waals surface area (Å²) >= 11 is 0. The van der Waals surface area contributed by atoms with E-state index in [1.54, 1.807) is 0 Å². The van der Waals surface area contributed by atoms with Crippen LogP contribution >= 0.6 is 0 Å². The van der Waals surface area contributed by atoms with Crippen LogP contribution in [0.1, 0.15) is 19.4 Å². The van der Waals surface area contributed by atoms with Gasteiger partial charge in [0.2, 0.25) is 0 Å². The maximum atomic E-state index is 11.5. The topological polar surface area (TPSA) is 56.9 Å². The fourth-order valence-electron chi connectivity index (χ4n) is 1.81. The van der Waals surface area contributed by atoms with Crippen molar-refractivity contribution in [2.75, 3.05) is 6.54 Å². The highest BCUT2D eigenvalue weighted by Crippen LogP contribution is 2.17. The molecule has 2 amide bonds. The summed E-state index contributed by atoms with van der Waals surface area (Å²) in [5.41, 5.74) is 2.20. The van der Waals surface area contributed by atoms with E-state index < -0.39 is 0 Å². The summed E-state index contributed by atoms with van der Waals surface area (Å²) in [5, 5.41) is 6.85. The Balaban J connectivity index is 1.92. The van der Waals surface area contributed by atoms with Gasteiger partial charge in [-0.25, -0.2) is 4.79 Å². The number of urea groups is 1. The van der Waals surface area contributed by atoms with Gasteiger partial charge in [-0.3, -0.25) is 0 Å². The predicted octanol–water partition coefficient (Wildman–Crippen LogP) is 2.62. The maximum absolute atomic E-state index is 11.5. The van der Waals surface area contributed by atoms with Crippen molar-refractivity contribution in [3.63, 3.8) is 0 Å². The fourth-order valence-corrected chi connectivity index (χ4v) is 1.81. The first-order valence-electron chi connectivity index (χ1n) is 6.23. The predicted molar refractivity (Wildman–Crippen MR) is 73.4 cm³/mol. The number of benzene rings is 1. The van der Waals surface area contributed by atoms with Crippen molar-refractivity contribution in [1.82, 2.24) is 15.6 Å². The average Bonchev–Trinajstić information content (AvgIpc) is 2.77. The number of aromatic nitrogens is 1. The van der Waals surface area contributed by atoms with Gasteiger partial charge < -0.3 is 15.6 Å². The minimum Gasteiger partial charge on any atom is -0.361 e. The Kier molecular flexibility index (Phi) is 3.87. The highest BCUT2D eigenvalue weighted by atomic mass is 16.2. The number of fused-ring (bicyclic) bond motifs is 1. The third-order valence-electron chi connectivity index (χ3n) is 2.79. The lowest BCUT2D eigenvalue weighted by atomic mass is 10.2. The largest absolute Gasteiger partial charge is 0.361 e. The highest BCUT2D eigenvalue weighted by Gasteiger charge is 2.05. The molecule has 3 N–H and O–H groups in total. The molecule has 0 fully saturated rings. The number of para-hydroxylation sites is 1. The summed E-state index contributed by atoms with van der Waals surface area (Å²) in [6.45, 7) is 5.37. The first kappa shape index (κ1) is 12.5. The molecule has 0 saturated heterocycles. The van der Waals surface area contributed by atoms with Gasteiger partial charge in [0.15, 0.2) is 0 Å². The summed E-state index contributed by atoms with van der Waals surface area (Å²) in [5.74, 6) is 0.462. The molecule has 18 heavy (non-hydrogen) atoms. The number of H-pyrrole nitrogens is 1. The van der Waals surface area contributed by atoms with Gasteiger partial charge in [-0.2, -0.15) is 0 Å². The van der Waals surface area contributed by atoms with E-state index in [1.165, 1.54) is 0 Å². The van der Waals surface area contributed by atoms with Gasteiger partial charge in [-0.05, 0) is 17.5 Å². The average molecular weight is 245 g/mol. The molecule has 0 radical (unpaired) electrons. The Morgan fingerprint density at radius 3 is 2.83 bits per heavy atom. The van der Waals surface area contributed by atoms with Gasteiger partial charge in [0.25, 0.3) is 0 Å². The van der Waals surface area contributed by atoms with Gasteiger partial charge in [0, 0.05) is 30.2 Å². The van der Waals surface area contributed by atoms with E-state index in [1.807, 2.05) is 24.4 Å². The Labute approximate surface area is 107 Å². The molecule has 0 aliphatic rings. The number of amides is 2. The van der Waals surface area contributed by atoms with E-state index in [-0.39, 0.29) is 6.03 Å². The van der Waals surface area contributed by atoms with Crippen molar-refractivity contribution < 1.29 is 4.79 Å². The van der Waals surface area contributed by atoms with Crippen LogP contribution in [0.5, 0.6) is 0 Å². The van der Waals surface area contributed by atoms with E-state index in [0.717, 1.165) is 16.5 Å². The number of aromatic amines is 1. The smallest absolute Gasteiger partial charge is 0.315 e. The quantitative estimate of drug-likeness (QED) is 0.762. The van der Waals surface area contributed by atoms with Crippen LogP contribution < -0.4 is 10.6 Å². The van der Waals surface area contributed by atoms with Crippen LogP contribution in [-0.4, -0.2) is 17.6 Å². The summed E-state index contributed by atoms with van der Waals surface area (Å²) < 4.78 is 0. The van der Waals surface area contributed by atoms with Gasteiger partial charge in [-0.15, -0.1) is 0 Å². The number of carbonyl (C=O) groups is 1. The second kappa shape index (κ2) is 5.58. The molecule has 0 aliphatic heterocycles. The van der Waals surface area contributed by atoms with Crippen LogP contribution in [0.3, 0.4) is 0 Å². The van der Waals surface area contributed by atoms with Crippen molar-refractivity contribution >= 4 is 16.9 Å². The number of hydrogen-bond acceptors (Lipinski definition) is 1. The van der Waals surface area contributed by atoms with Crippen LogP contribution in [0.2, 0.25) is 0 Å². The van der Waals surface area contributed by atoms with Crippen molar-refractivity contribution in [2.45, 2.75) is 20.4 Å². The summed E-state index contributed by atoms with van der Waals surface area (Å²) in [7, 11) is 0. The molecule has 0 aliphatic carbocycles. The Hall–Kier alpha value is -1.97. The first-order valence-corrected chi connectivity index (χ1v) is 6.23. The summed E-state index contributed by atoms with van der Waals surface area (Å²) in [6.07, 6.45) is 1.94. The molecule has 2 rings (SSSR count). The van der Waals surface area contributed by atoms with Crippen LogP contribution in [0.15, 0.2) is 30.5 Å². The molecule has 0 bridgehead atoms. The van der Waals surface area contributed by atoms with E-state index >= 15 is 0 Å². The second-order valence-electron chi connectivity index (χ2n) is 4.82. The third-order valence-corrected chi connectivity index (χ3v) is 2.79. The monoisotopic (exact) mass is 245 g/mol. The molecule has 2 aromatic rings. The maximum Gasteiger partial charge on any atom is 0.315 e. The number of nitrogens with one attached hydrogen (secondary N) is 3. The standard InChI is InChI=1S/C14H19N3O/c1-10(2)7-16-14(18)17-9-11-8-15-13-6-4-3-5-12(11)13/h3-6,8,10,15H,7,9H2,1-2H3,(H2,16,17,18). The van der Waals surface area contributed by atoms with Crippen molar-refractivity contribution in [2.24, 2.45) is 5.92 Å². The molecule has 0 saturated carbocycles. The minimum atomic E-state index is -0.117.